The van der Waals surface area contributed by atoms with Crippen LogP contribution in [-0.4, -0.2) is 0 Å². The van der Waals surface area contributed by atoms with Gasteiger partial charge >= 0.3 is 6.18 Å². The molecule has 0 aliphatic rings. The van der Waals surface area contributed by atoms with Gasteiger partial charge in [0.15, 0.2) is 0 Å². The fourth-order valence-corrected chi connectivity index (χ4v) is 2.65. The Bertz CT molecular complexity index is 818. The molecule has 3 aromatic rings. The predicted octanol–water partition coefficient (Wildman–Crippen LogP) is 6.35. The minimum atomic E-state index is -4.40. The van der Waals surface area contributed by atoms with Gasteiger partial charge in [-0.15, -0.1) is 0 Å². The molecule has 0 saturated carbocycles. The van der Waals surface area contributed by atoms with Crippen LogP contribution >= 0.6 is 0 Å². The van der Waals surface area contributed by atoms with Crippen LogP contribution in [0.15, 0.2) is 72.8 Å². The maximum Gasteiger partial charge on any atom is 0.417 e. The Morgan fingerprint density at radius 2 is 1.30 bits per heavy atom. The summed E-state index contributed by atoms with van der Waals surface area (Å²) in [6, 6.07) is 20.7. The molecule has 0 saturated heterocycles. The van der Waals surface area contributed by atoms with Gasteiger partial charge in [0.2, 0.25) is 0 Å². The lowest BCUT2D eigenvalue weighted by atomic mass is 9.94. The Labute approximate surface area is 133 Å². The fourth-order valence-electron chi connectivity index (χ4n) is 2.65. The highest BCUT2D eigenvalue weighted by Crippen LogP contribution is 2.39. The Morgan fingerprint density at radius 1 is 0.652 bits per heavy atom. The van der Waals surface area contributed by atoms with Gasteiger partial charge in [0.25, 0.3) is 0 Å². The summed E-state index contributed by atoms with van der Waals surface area (Å²) in [5.74, 6) is 0. The van der Waals surface area contributed by atoms with E-state index in [0.717, 1.165) is 11.1 Å². The molecular weight excluding hydrogens is 297 g/mol. The maximum atomic E-state index is 13.5. The average molecular weight is 312 g/mol. The van der Waals surface area contributed by atoms with Crippen LogP contribution in [0, 0.1) is 6.92 Å². The molecule has 0 aromatic heterocycles. The molecule has 0 atom stereocenters. The standard InChI is InChI=1S/C20H15F3/c1-14-6-5-9-16(12-14)17-10-11-18(15-7-3-2-4-8-15)19(13-17)20(21,22)23/h2-13H,1H3. The van der Waals surface area contributed by atoms with Crippen molar-refractivity contribution in [3.05, 3.63) is 83.9 Å². The van der Waals surface area contributed by atoms with E-state index in [4.69, 9.17) is 0 Å². The van der Waals surface area contributed by atoms with Crippen molar-refractivity contribution < 1.29 is 13.2 Å². The van der Waals surface area contributed by atoms with Crippen molar-refractivity contribution in [3.8, 4) is 22.3 Å². The van der Waals surface area contributed by atoms with Gasteiger partial charge in [0.1, 0.15) is 0 Å². The number of halogens is 3. The fraction of sp³-hybridized carbons (Fsp3) is 0.100. The van der Waals surface area contributed by atoms with E-state index in [0.29, 0.717) is 11.1 Å². The minimum absolute atomic E-state index is 0.203. The number of hydrogen-bond acceptors (Lipinski definition) is 0. The van der Waals surface area contributed by atoms with Crippen LogP contribution in [0.3, 0.4) is 0 Å². The zero-order valence-corrected chi connectivity index (χ0v) is 12.6. The molecule has 3 rings (SSSR count). The molecule has 0 unspecified atom stereocenters. The largest absolute Gasteiger partial charge is 0.417 e. The van der Waals surface area contributed by atoms with E-state index in [-0.39, 0.29) is 5.56 Å². The molecule has 0 bridgehead atoms. The van der Waals surface area contributed by atoms with Gasteiger partial charge in [0.05, 0.1) is 5.56 Å². The molecule has 0 spiro atoms. The van der Waals surface area contributed by atoms with E-state index in [1.165, 1.54) is 6.07 Å². The Morgan fingerprint density at radius 3 is 1.96 bits per heavy atom. The number of benzene rings is 3. The highest BCUT2D eigenvalue weighted by atomic mass is 19.4. The van der Waals surface area contributed by atoms with Gasteiger partial charge in [-0.25, -0.2) is 0 Å². The van der Waals surface area contributed by atoms with Gasteiger partial charge in [-0.2, -0.15) is 13.2 Å². The summed E-state index contributed by atoms with van der Waals surface area (Å²) in [5, 5.41) is 0. The van der Waals surface area contributed by atoms with Gasteiger partial charge < -0.3 is 0 Å². The number of hydrogen-bond donors (Lipinski definition) is 0. The molecule has 0 nitrogen and oxygen atoms in total. The summed E-state index contributed by atoms with van der Waals surface area (Å²) in [6.45, 7) is 1.92. The first-order chi connectivity index (χ1) is 10.9. The van der Waals surface area contributed by atoms with Crippen molar-refractivity contribution >= 4 is 0 Å². The molecule has 0 aliphatic carbocycles. The van der Waals surface area contributed by atoms with Crippen LogP contribution < -0.4 is 0 Å². The third-order valence-corrected chi connectivity index (χ3v) is 3.76. The zero-order chi connectivity index (χ0) is 16.4. The number of alkyl halides is 3. The van der Waals surface area contributed by atoms with E-state index in [1.807, 2.05) is 31.2 Å². The van der Waals surface area contributed by atoms with Crippen LogP contribution in [0.4, 0.5) is 13.2 Å². The third-order valence-electron chi connectivity index (χ3n) is 3.76. The molecule has 0 fully saturated rings. The monoisotopic (exact) mass is 312 g/mol. The number of aryl methyl sites for hydroxylation is 1. The highest BCUT2D eigenvalue weighted by molar-refractivity contribution is 5.74. The summed E-state index contributed by atoms with van der Waals surface area (Å²) in [6.07, 6.45) is -4.40. The minimum Gasteiger partial charge on any atom is -0.166 e. The average Bonchev–Trinajstić information content (AvgIpc) is 2.54. The molecule has 3 aromatic carbocycles. The van der Waals surface area contributed by atoms with Crippen molar-refractivity contribution in [3.63, 3.8) is 0 Å². The first-order valence-electron chi connectivity index (χ1n) is 7.29. The zero-order valence-electron chi connectivity index (χ0n) is 12.6. The van der Waals surface area contributed by atoms with Gasteiger partial charge in [-0.05, 0) is 35.2 Å². The molecule has 23 heavy (non-hydrogen) atoms. The molecule has 0 heterocycles. The molecule has 0 radical (unpaired) electrons. The van der Waals surface area contributed by atoms with E-state index in [2.05, 4.69) is 0 Å². The second-order valence-corrected chi connectivity index (χ2v) is 5.49. The Hall–Kier alpha value is -2.55. The van der Waals surface area contributed by atoms with E-state index >= 15 is 0 Å². The summed E-state index contributed by atoms with van der Waals surface area (Å²) >= 11 is 0. The smallest absolute Gasteiger partial charge is 0.166 e. The molecule has 3 heteroatoms. The van der Waals surface area contributed by atoms with Gasteiger partial charge in [-0.3, -0.25) is 0 Å². The van der Waals surface area contributed by atoms with Crippen molar-refractivity contribution in [1.29, 1.82) is 0 Å². The van der Waals surface area contributed by atoms with Gasteiger partial charge in [0, 0.05) is 0 Å². The topological polar surface area (TPSA) is 0 Å². The van der Waals surface area contributed by atoms with Gasteiger partial charge in [-0.1, -0.05) is 72.3 Å². The van der Waals surface area contributed by atoms with Crippen molar-refractivity contribution in [2.75, 3.05) is 0 Å². The second kappa shape index (κ2) is 5.92. The summed E-state index contributed by atoms with van der Waals surface area (Å²) < 4.78 is 40.5. The normalized spacial score (nSPS) is 11.5. The maximum absolute atomic E-state index is 13.5. The SMILES string of the molecule is Cc1cccc(-c2ccc(-c3ccccc3)c(C(F)(F)F)c2)c1. The lowest BCUT2D eigenvalue weighted by Gasteiger charge is -2.15. The van der Waals surface area contributed by atoms with Crippen LogP contribution in [0.2, 0.25) is 0 Å². The van der Waals surface area contributed by atoms with Crippen molar-refractivity contribution in [2.24, 2.45) is 0 Å². The van der Waals surface area contributed by atoms with E-state index in [9.17, 15) is 13.2 Å². The van der Waals surface area contributed by atoms with E-state index < -0.39 is 11.7 Å². The van der Waals surface area contributed by atoms with Crippen LogP contribution in [0.1, 0.15) is 11.1 Å². The lowest BCUT2D eigenvalue weighted by Crippen LogP contribution is -2.07. The lowest BCUT2D eigenvalue weighted by molar-refractivity contribution is -0.137. The summed E-state index contributed by atoms with van der Waals surface area (Å²) in [5.41, 5.74) is 2.53. The second-order valence-electron chi connectivity index (χ2n) is 5.49. The Kier molecular flexibility index (Phi) is 3.95. The molecule has 0 N–H and O–H groups in total. The predicted molar refractivity (Wildman–Crippen MR) is 87.1 cm³/mol. The highest BCUT2D eigenvalue weighted by Gasteiger charge is 2.34. The molecular formula is C20H15F3. The van der Waals surface area contributed by atoms with Crippen LogP contribution in [-0.2, 0) is 6.18 Å². The first-order valence-corrected chi connectivity index (χ1v) is 7.29. The summed E-state index contributed by atoms with van der Waals surface area (Å²) in [7, 11) is 0. The Balaban J connectivity index is 2.17. The molecule has 0 aliphatic heterocycles. The van der Waals surface area contributed by atoms with E-state index in [1.54, 1.807) is 42.5 Å². The molecule has 0 amide bonds. The van der Waals surface area contributed by atoms with Crippen molar-refractivity contribution in [2.45, 2.75) is 13.1 Å². The first kappa shape index (κ1) is 15.3. The molecule has 116 valence electrons. The number of rotatable bonds is 2. The quantitative estimate of drug-likeness (QED) is 0.517. The van der Waals surface area contributed by atoms with Crippen LogP contribution in [0.5, 0.6) is 0 Å². The third kappa shape index (κ3) is 3.29. The van der Waals surface area contributed by atoms with Crippen molar-refractivity contribution in [1.82, 2.24) is 0 Å². The van der Waals surface area contributed by atoms with Crippen LogP contribution in [0.25, 0.3) is 22.3 Å². The summed E-state index contributed by atoms with van der Waals surface area (Å²) in [4.78, 5) is 0.